The van der Waals surface area contributed by atoms with E-state index < -0.39 is 0 Å². The van der Waals surface area contributed by atoms with E-state index in [4.69, 9.17) is 10.5 Å². The molecule has 1 fully saturated rings. The predicted octanol–water partition coefficient (Wildman–Crippen LogP) is 3.43. The maximum Gasteiger partial charge on any atom is 0.120 e. The molecule has 1 saturated carbocycles. The summed E-state index contributed by atoms with van der Waals surface area (Å²) in [7, 11) is 3.91. The molecule has 1 aliphatic carbocycles. The number of likely N-dealkylation sites (N-methyl/N-ethyl adjacent to an activating group) is 1. The van der Waals surface area contributed by atoms with E-state index in [1.54, 1.807) is 7.11 Å². The molecule has 0 aliphatic heterocycles. The van der Waals surface area contributed by atoms with Crippen molar-refractivity contribution in [1.82, 2.24) is 0 Å². The zero-order valence-electron chi connectivity index (χ0n) is 13.1. The van der Waals surface area contributed by atoms with Gasteiger partial charge < -0.3 is 15.4 Å². The standard InChI is InChI=1S/C17H28N2O/c1-4-14-8-5-6-11-17(14,13-18)19(2)15-9-7-10-16(12-15)20-3/h7,9-10,12,14H,4-6,8,11,13,18H2,1-3H3. The molecule has 1 aromatic carbocycles. The summed E-state index contributed by atoms with van der Waals surface area (Å²) in [6, 6.07) is 8.31. The minimum absolute atomic E-state index is 0.0966. The number of methoxy groups -OCH3 is 1. The largest absolute Gasteiger partial charge is 0.497 e. The summed E-state index contributed by atoms with van der Waals surface area (Å²) in [5, 5.41) is 0. The van der Waals surface area contributed by atoms with Gasteiger partial charge in [-0.15, -0.1) is 0 Å². The van der Waals surface area contributed by atoms with Crippen LogP contribution in [0.3, 0.4) is 0 Å². The molecule has 1 aromatic rings. The molecule has 0 bridgehead atoms. The fourth-order valence-corrected chi connectivity index (χ4v) is 3.80. The minimum Gasteiger partial charge on any atom is -0.497 e. The Balaban J connectivity index is 2.33. The molecule has 0 saturated heterocycles. The molecule has 0 radical (unpaired) electrons. The van der Waals surface area contributed by atoms with E-state index in [0.717, 1.165) is 12.3 Å². The van der Waals surface area contributed by atoms with Crippen LogP contribution in [0.15, 0.2) is 24.3 Å². The van der Waals surface area contributed by atoms with Crippen molar-refractivity contribution in [3.63, 3.8) is 0 Å². The first-order valence-corrected chi connectivity index (χ1v) is 7.76. The van der Waals surface area contributed by atoms with Crippen molar-refractivity contribution in [2.24, 2.45) is 11.7 Å². The number of benzene rings is 1. The summed E-state index contributed by atoms with van der Waals surface area (Å²) in [5.41, 5.74) is 7.54. The van der Waals surface area contributed by atoms with E-state index in [-0.39, 0.29) is 5.54 Å². The molecule has 0 heterocycles. The molecule has 112 valence electrons. The van der Waals surface area contributed by atoms with Crippen LogP contribution in [0, 0.1) is 5.92 Å². The number of hydrogen-bond acceptors (Lipinski definition) is 3. The normalized spacial score (nSPS) is 26.3. The maximum atomic E-state index is 6.24. The molecule has 3 heteroatoms. The SMILES string of the molecule is CCC1CCCCC1(CN)N(C)c1cccc(OC)c1. The average Bonchev–Trinajstić information content (AvgIpc) is 2.53. The number of hydrogen-bond donors (Lipinski definition) is 1. The van der Waals surface area contributed by atoms with Gasteiger partial charge in [0.2, 0.25) is 0 Å². The lowest BCUT2D eigenvalue weighted by molar-refractivity contribution is 0.183. The average molecular weight is 276 g/mol. The van der Waals surface area contributed by atoms with Gasteiger partial charge >= 0.3 is 0 Å². The van der Waals surface area contributed by atoms with Crippen molar-refractivity contribution < 1.29 is 4.74 Å². The van der Waals surface area contributed by atoms with Crippen molar-refractivity contribution in [1.29, 1.82) is 0 Å². The Morgan fingerprint density at radius 3 is 2.85 bits per heavy atom. The second-order valence-corrected chi connectivity index (χ2v) is 5.92. The summed E-state index contributed by atoms with van der Waals surface area (Å²) in [6.45, 7) is 3.01. The Morgan fingerprint density at radius 1 is 1.40 bits per heavy atom. The van der Waals surface area contributed by atoms with Gasteiger partial charge in [-0.2, -0.15) is 0 Å². The molecule has 2 atom stereocenters. The summed E-state index contributed by atoms with van der Waals surface area (Å²) >= 11 is 0. The molecule has 20 heavy (non-hydrogen) atoms. The van der Waals surface area contributed by atoms with Gasteiger partial charge in [0.1, 0.15) is 5.75 Å². The molecule has 0 spiro atoms. The lowest BCUT2D eigenvalue weighted by Crippen LogP contribution is -2.58. The van der Waals surface area contributed by atoms with Crippen LogP contribution in [-0.4, -0.2) is 26.2 Å². The summed E-state index contributed by atoms with van der Waals surface area (Å²) in [6.07, 6.45) is 6.30. The fourth-order valence-electron chi connectivity index (χ4n) is 3.80. The number of rotatable bonds is 5. The molecule has 2 N–H and O–H groups in total. The van der Waals surface area contributed by atoms with Crippen LogP contribution in [0.2, 0.25) is 0 Å². The third kappa shape index (κ3) is 2.64. The van der Waals surface area contributed by atoms with E-state index in [1.807, 2.05) is 6.07 Å². The topological polar surface area (TPSA) is 38.5 Å². The molecule has 1 aliphatic rings. The highest BCUT2D eigenvalue weighted by Gasteiger charge is 2.42. The molecular formula is C17H28N2O. The molecule has 0 amide bonds. The Kier molecular flexibility index (Phi) is 4.92. The highest BCUT2D eigenvalue weighted by molar-refractivity contribution is 5.53. The van der Waals surface area contributed by atoms with Gasteiger partial charge in [-0.3, -0.25) is 0 Å². The number of nitrogens with two attached hydrogens (primary N) is 1. The van der Waals surface area contributed by atoms with Crippen molar-refractivity contribution in [3.05, 3.63) is 24.3 Å². The number of anilines is 1. The van der Waals surface area contributed by atoms with Crippen molar-refractivity contribution in [2.75, 3.05) is 25.6 Å². The Morgan fingerprint density at radius 2 is 2.20 bits per heavy atom. The van der Waals surface area contributed by atoms with Crippen molar-refractivity contribution in [3.8, 4) is 5.75 Å². The minimum atomic E-state index is 0.0966. The molecule has 3 nitrogen and oxygen atoms in total. The Labute approximate surface area is 123 Å². The van der Waals surface area contributed by atoms with E-state index in [0.29, 0.717) is 5.92 Å². The van der Waals surface area contributed by atoms with E-state index in [1.165, 1.54) is 37.8 Å². The third-order valence-electron chi connectivity index (χ3n) is 5.13. The maximum absolute atomic E-state index is 6.24. The lowest BCUT2D eigenvalue weighted by Gasteiger charge is -2.50. The predicted molar refractivity (Wildman–Crippen MR) is 85.4 cm³/mol. The Hall–Kier alpha value is -1.22. The van der Waals surface area contributed by atoms with Gasteiger partial charge in [0.15, 0.2) is 0 Å². The molecule has 2 unspecified atom stereocenters. The lowest BCUT2D eigenvalue weighted by atomic mass is 9.70. The first-order valence-electron chi connectivity index (χ1n) is 7.76. The number of ether oxygens (including phenoxy) is 1. The molecule has 0 aromatic heterocycles. The molecular weight excluding hydrogens is 248 g/mol. The fraction of sp³-hybridized carbons (Fsp3) is 0.647. The zero-order chi connectivity index (χ0) is 14.6. The Bertz CT molecular complexity index is 435. The first-order chi connectivity index (χ1) is 9.67. The summed E-state index contributed by atoms with van der Waals surface area (Å²) < 4.78 is 5.35. The summed E-state index contributed by atoms with van der Waals surface area (Å²) in [5.74, 6) is 1.59. The highest BCUT2D eigenvalue weighted by atomic mass is 16.5. The van der Waals surface area contributed by atoms with Crippen LogP contribution in [0.25, 0.3) is 0 Å². The van der Waals surface area contributed by atoms with Crippen LogP contribution in [-0.2, 0) is 0 Å². The third-order valence-corrected chi connectivity index (χ3v) is 5.13. The van der Waals surface area contributed by atoms with Crippen LogP contribution >= 0.6 is 0 Å². The van der Waals surface area contributed by atoms with Crippen LogP contribution in [0.5, 0.6) is 5.75 Å². The summed E-state index contributed by atoms with van der Waals surface area (Å²) in [4.78, 5) is 2.41. The van der Waals surface area contributed by atoms with E-state index >= 15 is 0 Å². The first kappa shape index (κ1) is 15.2. The van der Waals surface area contributed by atoms with Gasteiger partial charge in [0.25, 0.3) is 0 Å². The van der Waals surface area contributed by atoms with E-state index in [2.05, 4.69) is 37.1 Å². The van der Waals surface area contributed by atoms with Crippen LogP contribution in [0.4, 0.5) is 5.69 Å². The van der Waals surface area contributed by atoms with Crippen molar-refractivity contribution in [2.45, 2.75) is 44.6 Å². The van der Waals surface area contributed by atoms with Crippen LogP contribution in [0.1, 0.15) is 39.0 Å². The van der Waals surface area contributed by atoms with Gasteiger partial charge in [-0.1, -0.05) is 32.3 Å². The number of nitrogens with zero attached hydrogens (tertiary/aromatic N) is 1. The second-order valence-electron chi connectivity index (χ2n) is 5.92. The van der Waals surface area contributed by atoms with Gasteiger partial charge in [0, 0.05) is 25.3 Å². The zero-order valence-corrected chi connectivity index (χ0v) is 13.1. The van der Waals surface area contributed by atoms with Crippen molar-refractivity contribution >= 4 is 5.69 Å². The van der Waals surface area contributed by atoms with Gasteiger partial charge in [-0.05, 0) is 30.9 Å². The smallest absolute Gasteiger partial charge is 0.120 e. The van der Waals surface area contributed by atoms with Gasteiger partial charge in [-0.25, -0.2) is 0 Å². The monoisotopic (exact) mass is 276 g/mol. The second kappa shape index (κ2) is 6.49. The van der Waals surface area contributed by atoms with Crippen LogP contribution < -0.4 is 15.4 Å². The quantitative estimate of drug-likeness (QED) is 0.895. The van der Waals surface area contributed by atoms with Gasteiger partial charge in [0.05, 0.1) is 12.6 Å². The molecule has 2 rings (SSSR count). The van der Waals surface area contributed by atoms with E-state index in [9.17, 15) is 0 Å². The highest BCUT2D eigenvalue weighted by Crippen LogP contribution is 2.41.